The molecule has 2 heterocycles. The summed E-state index contributed by atoms with van der Waals surface area (Å²) in [5, 5.41) is 0. The van der Waals surface area contributed by atoms with Crippen LogP contribution in [0.1, 0.15) is 24.2 Å². The molecule has 0 aliphatic carbocycles. The first-order valence-corrected chi connectivity index (χ1v) is 9.72. The van der Waals surface area contributed by atoms with E-state index in [-0.39, 0.29) is 17.4 Å². The highest BCUT2D eigenvalue weighted by Gasteiger charge is 2.29. The Kier molecular flexibility index (Phi) is 5.29. The number of aromatic nitrogens is 2. The number of rotatable bonds is 5. The minimum Gasteiger partial charge on any atom is -0.474 e. The van der Waals surface area contributed by atoms with E-state index in [1.165, 1.54) is 16.4 Å². The van der Waals surface area contributed by atoms with Crippen LogP contribution >= 0.6 is 0 Å². The van der Waals surface area contributed by atoms with Crippen molar-refractivity contribution in [3.8, 4) is 5.88 Å². The molecule has 0 spiro atoms. The smallest absolute Gasteiger partial charge is 0.218 e. The number of nitrogens with zero attached hydrogens (tertiary/aromatic N) is 3. The van der Waals surface area contributed by atoms with Gasteiger partial charge in [-0.3, -0.25) is 0 Å². The highest BCUT2D eigenvalue weighted by molar-refractivity contribution is 7.88. The number of ether oxygens (including phenoxy) is 1. The minimum absolute atomic E-state index is 0.0887. The largest absolute Gasteiger partial charge is 0.474 e. The van der Waals surface area contributed by atoms with E-state index in [0.717, 1.165) is 0 Å². The molecule has 1 aromatic carbocycles. The van der Waals surface area contributed by atoms with Crippen LogP contribution in [0.4, 0.5) is 4.39 Å². The fourth-order valence-corrected chi connectivity index (χ4v) is 4.38. The third-order valence-corrected chi connectivity index (χ3v) is 5.96. The van der Waals surface area contributed by atoms with Gasteiger partial charge < -0.3 is 4.74 Å². The lowest BCUT2D eigenvalue weighted by molar-refractivity contribution is 0.129. The van der Waals surface area contributed by atoms with Crippen LogP contribution in [0.5, 0.6) is 5.88 Å². The van der Waals surface area contributed by atoms with Crippen molar-refractivity contribution in [2.24, 2.45) is 0 Å². The average molecular weight is 365 g/mol. The van der Waals surface area contributed by atoms with Crippen LogP contribution in [0.3, 0.4) is 0 Å². The summed E-state index contributed by atoms with van der Waals surface area (Å²) < 4.78 is 45.9. The van der Waals surface area contributed by atoms with Gasteiger partial charge >= 0.3 is 0 Å². The van der Waals surface area contributed by atoms with E-state index in [1.807, 2.05) is 0 Å². The molecule has 0 saturated carbocycles. The van der Waals surface area contributed by atoms with Crippen LogP contribution < -0.4 is 4.74 Å². The molecule has 0 bridgehead atoms. The number of sulfonamides is 1. The van der Waals surface area contributed by atoms with Gasteiger partial charge in [0.05, 0.1) is 5.75 Å². The maximum Gasteiger partial charge on any atom is 0.218 e. The first-order chi connectivity index (χ1) is 11.9. The van der Waals surface area contributed by atoms with Crippen molar-refractivity contribution < 1.29 is 17.5 Å². The van der Waals surface area contributed by atoms with Gasteiger partial charge in [0.15, 0.2) is 0 Å². The Morgan fingerprint density at radius 3 is 2.64 bits per heavy atom. The van der Waals surface area contributed by atoms with E-state index >= 15 is 0 Å². The number of piperidine rings is 1. The van der Waals surface area contributed by atoms with Crippen molar-refractivity contribution in [1.82, 2.24) is 14.3 Å². The van der Waals surface area contributed by atoms with Crippen molar-refractivity contribution in [1.29, 1.82) is 0 Å². The second-order valence-corrected chi connectivity index (χ2v) is 7.97. The second kappa shape index (κ2) is 7.45. The molecule has 1 saturated heterocycles. The molecule has 0 radical (unpaired) electrons. The Morgan fingerprint density at radius 2 is 1.96 bits per heavy atom. The molecule has 25 heavy (non-hydrogen) atoms. The zero-order valence-corrected chi connectivity index (χ0v) is 14.7. The molecule has 0 amide bonds. The van der Waals surface area contributed by atoms with Crippen molar-refractivity contribution in [2.45, 2.75) is 31.6 Å². The van der Waals surface area contributed by atoms with Crippen LogP contribution in [-0.4, -0.2) is 41.9 Å². The molecule has 2 aromatic rings. The van der Waals surface area contributed by atoms with Crippen LogP contribution in [-0.2, 0) is 15.8 Å². The van der Waals surface area contributed by atoms with Gasteiger partial charge in [-0.1, -0.05) is 18.2 Å². The van der Waals surface area contributed by atoms with E-state index < -0.39 is 15.8 Å². The molecule has 1 aliphatic rings. The van der Waals surface area contributed by atoms with Crippen molar-refractivity contribution in [2.75, 3.05) is 13.1 Å². The number of aryl methyl sites for hydroxylation is 1. The summed E-state index contributed by atoms with van der Waals surface area (Å²) >= 11 is 0. The Labute approximate surface area is 146 Å². The van der Waals surface area contributed by atoms with Gasteiger partial charge in [-0.15, -0.1) is 0 Å². The molecule has 0 atom stereocenters. The third-order valence-electron chi connectivity index (χ3n) is 4.13. The van der Waals surface area contributed by atoms with Gasteiger partial charge in [0, 0.05) is 30.9 Å². The van der Waals surface area contributed by atoms with Gasteiger partial charge in [0.25, 0.3) is 0 Å². The Morgan fingerprint density at radius 1 is 1.24 bits per heavy atom. The first-order valence-electron chi connectivity index (χ1n) is 8.11. The zero-order chi connectivity index (χ0) is 17.9. The van der Waals surface area contributed by atoms with Crippen LogP contribution in [0.15, 0.2) is 36.5 Å². The van der Waals surface area contributed by atoms with E-state index in [0.29, 0.717) is 37.6 Å². The molecule has 0 unspecified atom stereocenters. The maximum atomic E-state index is 13.7. The maximum absolute atomic E-state index is 13.7. The van der Waals surface area contributed by atoms with Crippen LogP contribution in [0.25, 0.3) is 0 Å². The normalized spacial score (nSPS) is 16.7. The summed E-state index contributed by atoms with van der Waals surface area (Å²) in [6.45, 7) is 2.49. The van der Waals surface area contributed by atoms with E-state index in [1.54, 1.807) is 31.3 Å². The average Bonchev–Trinajstić information content (AvgIpc) is 2.57. The van der Waals surface area contributed by atoms with Gasteiger partial charge in [-0.25, -0.2) is 22.1 Å². The molecule has 3 rings (SSSR count). The van der Waals surface area contributed by atoms with E-state index in [4.69, 9.17) is 4.74 Å². The number of halogens is 1. The molecule has 6 nitrogen and oxygen atoms in total. The zero-order valence-electron chi connectivity index (χ0n) is 13.9. The highest BCUT2D eigenvalue weighted by Crippen LogP contribution is 2.21. The fourth-order valence-electron chi connectivity index (χ4n) is 2.80. The topological polar surface area (TPSA) is 72.4 Å². The molecule has 1 fully saturated rings. The Hall–Kier alpha value is -2.06. The Bertz CT molecular complexity index is 837. The summed E-state index contributed by atoms with van der Waals surface area (Å²) in [6.07, 6.45) is 2.68. The standard InChI is InChI=1S/C17H20FN3O3S/c1-13-19-9-6-17(20-13)24-15-7-10-21(11-8-15)25(22,23)12-14-4-2-3-5-16(14)18/h2-6,9,15H,7-8,10-12H2,1H3. The van der Waals surface area contributed by atoms with Crippen molar-refractivity contribution in [3.05, 3.63) is 53.7 Å². The van der Waals surface area contributed by atoms with E-state index in [2.05, 4.69) is 9.97 Å². The van der Waals surface area contributed by atoms with Gasteiger partial charge in [-0.2, -0.15) is 4.98 Å². The predicted molar refractivity (Wildman–Crippen MR) is 91.0 cm³/mol. The summed E-state index contributed by atoms with van der Waals surface area (Å²) in [6, 6.07) is 7.64. The summed E-state index contributed by atoms with van der Waals surface area (Å²) in [5.74, 6) is 0.307. The van der Waals surface area contributed by atoms with Crippen molar-refractivity contribution >= 4 is 10.0 Å². The molecule has 1 aliphatic heterocycles. The summed E-state index contributed by atoms with van der Waals surface area (Å²) in [7, 11) is -3.55. The molecule has 0 N–H and O–H groups in total. The predicted octanol–water partition coefficient (Wildman–Crippen LogP) is 2.30. The molecular formula is C17H20FN3O3S. The van der Waals surface area contributed by atoms with Crippen LogP contribution in [0, 0.1) is 12.7 Å². The monoisotopic (exact) mass is 365 g/mol. The molecule has 1 aromatic heterocycles. The number of hydrogen-bond donors (Lipinski definition) is 0. The summed E-state index contributed by atoms with van der Waals surface area (Å²) in [4.78, 5) is 8.21. The lowest BCUT2D eigenvalue weighted by atomic mass is 10.1. The van der Waals surface area contributed by atoms with Crippen molar-refractivity contribution in [3.63, 3.8) is 0 Å². The summed E-state index contributed by atoms with van der Waals surface area (Å²) in [5.41, 5.74) is 0.192. The minimum atomic E-state index is -3.55. The number of hydrogen-bond acceptors (Lipinski definition) is 5. The van der Waals surface area contributed by atoms with Gasteiger partial charge in [0.1, 0.15) is 17.7 Å². The lowest BCUT2D eigenvalue weighted by Gasteiger charge is -2.31. The highest BCUT2D eigenvalue weighted by atomic mass is 32.2. The van der Waals surface area contributed by atoms with Crippen LogP contribution in [0.2, 0.25) is 0 Å². The third kappa shape index (κ3) is 4.52. The SMILES string of the molecule is Cc1nccc(OC2CCN(S(=O)(=O)Cc3ccccc3F)CC2)n1. The molecule has 134 valence electrons. The lowest BCUT2D eigenvalue weighted by Crippen LogP contribution is -2.42. The fraction of sp³-hybridized carbons (Fsp3) is 0.412. The number of benzene rings is 1. The van der Waals surface area contributed by atoms with Gasteiger partial charge in [-0.05, 0) is 25.8 Å². The van der Waals surface area contributed by atoms with Gasteiger partial charge in [0.2, 0.25) is 15.9 Å². The quantitative estimate of drug-likeness (QED) is 0.813. The molecular weight excluding hydrogens is 345 g/mol. The van der Waals surface area contributed by atoms with E-state index in [9.17, 15) is 12.8 Å². The second-order valence-electron chi connectivity index (χ2n) is 6.01. The molecule has 8 heteroatoms. The Balaban J connectivity index is 1.59. The first kappa shape index (κ1) is 17.8.